The highest BCUT2D eigenvalue weighted by Gasteiger charge is 2.62. The second-order valence-electron chi connectivity index (χ2n) is 6.35. The van der Waals surface area contributed by atoms with Gasteiger partial charge in [0.1, 0.15) is 0 Å². The van der Waals surface area contributed by atoms with Gasteiger partial charge in [-0.2, -0.15) is 5.01 Å². The predicted molar refractivity (Wildman–Crippen MR) is 82.5 cm³/mol. The van der Waals surface area contributed by atoms with E-state index in [1.807, 2.05) is 6.07 Å². The Kier molecular flexibility index (Phi) is 3.50. The number of hydrazine groups is 1. The number of nitrogens with one attached hydrogen (secondary N) is 1. The molecule has 7 heteroatoms. The smallest absolute Gasteiger partial charge is 0.271 e. The second-order valence-corrected chi connectivity index (χ2v) is 7.34. The van der Waals surface area contributed by atoms with Crippen LogP contribution in [0.3, 0.4) is 0 Å². The standard InChI is InChI=1S/C16H18N2O4S/c1-2-3-9-6-8(7-23-9)14(19)17-18-15(20)12-10-4-5-11(22-10)13(12)16(18)21/h6-7,10-13H,2-5H2,1H3,(H,17,19)/t10-,11+,12+,13-. The fourth-order valence-electron chi connectivity index (χ4n) is 3.87. The number of ether oxygens (including phenoxy) is 1. The first kappa shape index (κ1) is 14.8. The Morgan fingerprint density at radius 1 is 1.30 bits per heavy atom. The summed E-state index contributed by atoms with van der Waals surface area (Å²) in [6, 6.07) is 1.82. The number of hydrogen-bond acceptors (Lipinski definition) is 5. The Labute approximate surface area is 137 Å². The molecule has 2 bridgehead atoms. The number of hydrogen-bond donors (Lipinski definition) is 1. The van der Waals surface area contributed by atoms with Crippen molar-refractivity contribution in [3.8, 4) is 0 Å². The van der Waals surface area contributed by atoms with Crippen molar-refractivity contribution in [2.75, 3.05) is 0 Å². The molecule has 0 aliphatic carbocycles. The number of amides is 3. The van der Waals surface area contributed by atoms with Crippen LogP contribution in [0.5, 0.6) is 0 Å². The molecule has 3 saturated heterocycles. The molecule has 3 aliphatic rings. The van der Waals surface area contributed by atoms with E-state index in [-0.39, 0.29) is 24.0 Å². The van der Waals surface area contributed by atoms with Gasteiger partial charge in [-0.15, -0.1) is 11.3 Å². The molecule has 1 aromatic rings. The number of carbonyl (C=O) groups is 3. The Morgan fingerprint density at radius 3 is 2.57 bits per heavy atom. The second kappa shape index (κ2) is 5.42. The SMILES string of the molecule is CCCc1cc(C(=O)NN2C(=O)[C@@H]3[C@H](C2=O)[C@@H]2CC[C@H]3O2)cs1. The van der Waals surface area contributed by atoms with Gasteiger partial charge >= 0.3 is 0 Å². The van der Waals surface area contributed by atoms with E-state index in [9.17, 15) is 14.4 Å². The van der Waals surface area contributed by atoms with Crippen molar-refractivity contribution in [2.45, 2.75) is 44.8 Å². The average Bonchev–Trinajstić information content (AvgIpc) is 3.28. The number of rotatable bonds is 4. The summed E-state index contributed by atoms with van der Waals surface area (Å²) in [6.45, 7) is 2.08. The lowest BCUT2D eigenvalue weighted by Crippen LogP contribution is -2.47. The number of fused-ring (bicyclic) bond motifs is 5. The molecular weight excluding hydrogens is 316 g/mol. The quantitative estimate of drug-likeness (QED) is 0.847. The van der Waals surface area contributed by atoms with Gasteiger partial charge in [-0.05, 0) is 25.3 Å². The summed E-state index contributed by atoms with van der Waals surface area (Å²) in [6.07, 6.45) is 3.23. The third kappa shape index (κ3) is 2.21. The van der Waals surface area contributed by atoms with Crippen LogP contribution >= 0.6 is 11.3 Å². The molecule has 1 aromatic heterocycles. The van der Waals surface area contributed by atoms with E-state index in [0.29, 0.717) is 5.56 Å². The van der Waals surface area contributed by atoms with Crippen LogP contribution in [0.25, 0.3) is 0 Å². The van der Waals surface area contributed by atoms with Crippen molar-refractivity contribution in [1.29, 1.82) is 0 Å². The fraction of sp³-hybridized carbons (Fsp3) is 0.562. The van der Waals surface area contributed by atoms with Gasteiger partial charge in [-0.1, -0.05) is 13.3 Å². The van der Waals surface area contributed by atoms with Crippen molar-refractivity contribution in [3.05, 3.63) is 21.9 Å². The van der Waals surface area contributed by atoms with Gasteiger partial charge in [-0.3, -0.25) is 19.8 Å². The molecule has 0 aromatic carbocycles. The summed E-state index contributed by atoms with van der Waals surface area (Å²) in [5.41, 5.74) is 2.99. The number of aryl methyl sites for hydroxylation is 1. The first-order chi connectivity index (χ1) is 11.1. The third-order valence-electron chi connectivity index (χ3n) is 4.91. The van der Waals surface area contributed by atoms with E-state index in [4.69, 9.17) is 4.74 Å². The molecule has 4 rings (SSSR count). The topological polar surface area (TPSA) is 75.7 Å². The van der Waals surface area contributed by atoms with Crippen molar-refractivity contribution < 1.29 is 19.1 Å². The normalized spacial score (nSPS) is 31.8. The Balaban J connectivity index is 1.49. The van der Waals surface area contributed by atoms with E-state index in [1.165, 1.54) is 11.3 Å². The molecular formula is C16H18N2O4S. The minimum absolute atomic E-state index is 0.166. The number of thiophene rings is 1. The van der Waals surface area contributed by atoms with Crippen molar-refractivity contribution >= 4 is 29.1 Å². The van der Waals surface area contributed by atoms with Crippen molar-refractivity contribution in [3.63, 3.8) is 0 Å². The largest absolute Gasteiger partial charge is 0.373 e. The number of imide groups is 1. The van der Waals surface area contributed by atoms with Crippen LogP contribution in [0.1, 0.15) is 41.4 Å². The van der Waals surface area contributed by atoms with Gasteiger partial charge in [-0.25, -0.2) is 0 Å². The fourth-order valence-corrected chi connectivity index (χ4v) is 4.84. The first-order valence-corrected chi connectivity index (χ1v) is 8.89. The third-order valence-corrected chi connectivity index (χ3v) is 5.91. The summed E-state index contributed by atoms with van der Waals surface area (Å²) in [5.74, 6) is -1.90. The van der Waals surface area contributed by atoms with E-state index >= 15 is 0 Å². The summed E-state index contributed by atoms with van der Waals surface area (Å²) in [7, 11) is 0. The van der Waals surface area contributed by atoms with Crippen LogP contribution in [0.15, 0.2) is 11.4 Å². The Morgan fingerprint density at radius 2 is 1.96 bits per heavy atom. The molecule has 4 heterocycles. The van der Waals surface area contributed by atoms with Gasteiger partial charge in [0.25, 0.3) is 17.7 Å². The zero-order chi connectivity index (χ0) is 16.1. The van der Waals surface area contributed by atoms with Crippen LogP contribution in [0.2, 0.25) is 0 Å². The Hall–Kier alpha value is -1.73. The van der Waals surface area contributed by atoms with Crippen LogP contribution in [-0.2, 0) is 20.7 Å². The lowest BCUT2D eigenvalue weighted by molar-refractivity contribution is -0.145. The summed E-state index contributed by atoms with van der Waals surface area (Å²) >= 11 is 1.52. The van der Waals surface area contributed by atoms with Gasteiger partial charge < -0.3 is 4.74 Å². The van der Waals surface area contributed by atoms with Crippen molar-refractivity contribution in [1.82, 2.24) is 10.4 Å². The van der Waals surface area contributed by atoms with Crippen LogP contribution in [-0.4, -0.2) is 34.9 Å². The monoisotopic (exact) mass is 334 g/mol. The van der Waals surface area contributed by atoms with E-state index in [0.717, 1.165) is 35.6 Å². The maximum Gasteiger partial charge on any atom is 0.271 e. The molecule has 23 heavy (non-hydrogen) atoms. The maximum absolute atomic E-state index is 12.5. The molecule has 3 amide bonds. The molecule has 0 unspecified atom stereocenters. The molecule has 1 N–H and O–H groups in total. The average molecular weight is 334 g/mol. The van der Waals surface area contributed by atoms with Crippen LogP contribution in [0.4, 0.5) is 0 Å². The molecule has 0 saturated carbocycles. The zero-order valence-corrected chi connectivity index (χ0v) is 13.6. The first-order valence-electron chi connectivity index (χ1n) is 8.01. The minimum atomic E-state index is -0.417. The molecule has 6 nitrogen and oxygen atoms in total. The summed E-state index contributed by atoms with van der Waals surface area (Å²) in [4.78, 5) is 38.4. The lowest BCUT2D eigenvalue weighted by Gasteiger charge is -2.17. The number of carbonyl (C=O) groups excluding carboxylic acids is 3. The molecule has 3 fully saturated rings. The summed E-state index contributed by atoms with van der Waals surface area (Å²) in [5, 5.41) is 2.68. The van der Waals surface area contributed by atoms with Crippen LogP contribution < -0.4 is 5.43 Å². The predicted octanol–water partition coefficient (Wildman–Crippen LogP) is 1.51. The van der Waals surface area contributed by atoms with E-state index < -0.39 is 17.7 Å². The molecule has 3 aliphatic heterocycles. The molecule has 0 spiro atoms. The number of nitrogens with zero attached hydrogens (tertiary/aromatic N) is 1. The minimum Gasteiger partial charge on any atom is -0.373 e. The van der Waals surface area contributed by atoms with Crippen LogP contribution in [0, 0.1) is 11.8 Å². The van der Waals surface area contributed by atoms with Gasteiger partial charge in [0.15, 0.2) is 0 Å². The van der Waals surface area contributed by atoms with E-state index in [2.05, 4.69) is 12.3 Å². The zero-order valence-electron chi connectivity index (χ0n) is 12.8. The van der Waals surface area contributed by atoms with Crippen molar-refractivity contribution in [2.24, 2.45) is 11.8 Å². The van der Waals surface area contributed by atoms with Gasteiger partial charge in [0.2, 0.25) is 0 Å². The lowest BCUT2D eigenvalue weighted by atomic mass is 9.81. The van der Waals surface area contributed by atoms with Gasteiger partial charge in [0, 0.05) is 10.3 Å². The molecule has 4 atom stereocenters. The van der Waals surface area contributed by atoms with Gasteiger partial charge in [0.05, 0.1) is 29.6 Å². The summed E-state index contributed by atoms with van der Waals surface area (Å²) < 4.78 is 5.67. The highest BCUT2D eigenvalue weighted by molar-refractivity contribution is 7.10. The highest BCUT2D eigenvalue weighted by Crippen LogP contribution is 2.48. The molecule has 122 valence electrons. The highest BCUT2D eigenvalue weighted by atomic mass is 32.1. The Bertz CT molecular complexity index is 657. The maximum atomic E-state index is 12.5. The van der Waals surface area contributed by atoms with E-state index in [1.54, 1.807) is 5.38 Å². The molecule has 0 radical (unpaired) electrons.